The summed E-state index contributed by atoms with van der Waals surface area (Å²) < 4.78 is 56.6. The van der Waals surface area contributed by atoms with E-state index in [1.807, 2.05) is 24.3 Å². The van der Waals surface area contributed by atoms with Gasteiger partial charge in [0.2, 0.25) is 11.5 Å². The first-order valence-corrected chi connectivity index (χ1v) is 45.5. The Bertz CT molecular complexity index is 2040. The third-order valence-corrected chi connectivity index (χ3v) is 21.6. The predicted octanol–water partition coefficient (Wildman–Crippen LogP) is 32.3. The number of rotatable bonds is 76. The summed E-state index contributed by atoms with van der Waals surface area (Å²) in [4.78, 5) is 0. The molecule has 0 bridgehead atoms. The zero-order valence-electron chi connectivity index (χ0n) is 66.2. The van der Waals surface area contributed by atoms with Crippen LogP contribution in [0, 0.1) is 7.14 Å². The molecule has 0 amide bonds. The van der Waals surface area contributed by atoms with E-state index < -0.39 is 0 Å². The van der Waals surface area contributed by atoms with Crippen LogP contribution in [0.15, 0.2) is 36.4 Å². The first-order valence-electron chi connectivity index (χ1n) is 43.4. The van der Waals surface area contributed by atoms with Crippen molar-refractivity contribution in [2.75, 3.05) is 39.6 Å². The molecule has 0 saturated heterocycles. The van der Waals surface area contributed by atoms with E-state index in [0.717, 1.165) is 82.8 Å². The summed E-state index contributed by atoms with van der Waals surface area (Å²) in [6.45, 7) is 17.5. The van der Waals surface area contributed by atoms with Crippen molar-refractivity contribution in [3.63, 3.8) is 0 Å². The molecule has 10 heteroatoms. The molecule has 0 unspecified atom stereocenters. The van der Waals surface area contributed by atoms with Crippen molar-refractivity contribution in [3.05, 3.63) is 43.5 Å². The Morgan fingerprint density at radius 3 is 0.500 bits per heavy atom. The highest BCUT2D eigenvalue weighted by atomic mass is 127. The van der Waals surface area contributed by atoms with Crippen molar-refractivity contribution < 1.29 is 37.9 Å². The van der Waals surface area contributed by atoms with Gasteiger partial charge in [-0.2, -0.15) is 0 Å². The minimum atomic E-state index is 0.624. The maximum absolute atomic E-state index is 6.97. The Morgan fingerprint density at radius 1 is 0.180 bits per heavy atom. The fraction of sp³-hybridized carbons (Fsp3) is 0.800. The van der Waals surface area contributed by atoms with Crippen LogP contribution in [0.3, 0.4) is 0 Å². The Balaban J connectivity index is 1.95. The molecule has 0 aliphatic heterocycles. The highest BCUT2D eigenvalue weighted by Gasteiger charge is 2.22. The molecule has 578 valence electrons. The summed E-state index contributed by atoms with van der Waals surface area (Å²) in [6.07, 6.45) is 76.8. The SMILES string of the molecule is CCCCCCCCCCCCOc1cc(Oc2cc(I)c(Oc3cc(OCCCCCCCCCCCC)c(OCCCCCCCCCCCC)c(OCCCCCCCCCCCC)c3)cc2I)cc(OCCCCCCCCCCCC)c1OCCCCCCCCCCCC. The Morgan fingerprint density at radius 2 is 0.330 bits per heavy atom. The molecule has 0 aliphatic carbocycles. The molecule has 3 aromatic carbocycles. The van der Waals surface area contributed by atoms with Crippen LogP contribution in [0.1, 0.15) is 427 Å². The van der Waals surface area contributed by atoms with Crippen molar-refractivity contribution >= 4 is 45.2 Å². The van der Waals surface area contributed by atoms with Crippen molar-refractivity contribution in [2.24, 2.45) is 0 Å². The van der Waals surface area contributed by atoms with E-state index in [2.05, 4.69) is 98.9 Å². The van der Waals surface area contributed by atoms with Gasteiger partial charge in [-0.1, -0.05) is 388 Å². The third-order valence-electron chi connectivity index (χ3n) is 19.9. The van der Waals surface area contributed by atoms with Gasteiger partial charge < -0.3 is 37.9 Å². The van der Waals surface area contributed by atoms with Gasteiger partial charge in [0.1, 0.15) is 23.0 Å². The monoisotopic (exact) mass is 1620 g/mol. The molecule has 0 radical (unpaired) electrons. The van der Waals surface area contributed by atoms with E-state index in [4.69, 9.17) is 37.9 Å². The summed E-state index contributed by atoms with van der Waals surface area (Å²) >= 11 is 4.82. The van der Waals surface area contributed by atoms with Crippen LogP contribution in [-0.2, 0) is 0 Å². The Labute approximate surface area is 645 Å². The third kappa shape index (κ3) is 49.3. The molecule has 8 nitrogen and oxygen atoms in total. The zero-order valence-corrected chi connectivity index (χ0v) is 70.5. The quantitative estimate of drug-likeness (QED) is 0.0409. The lowest BCUT2D eigenvalue weighted by molar-refractivity contribution is 0.232. The Kier molecular flexibility index (Phi) is 62.7. The average Bonchev–Trinajstić information content (AvgIpc) is 0.810. The molecule has 100 heavy (non-hydrogen) atoms. The number of halogens is 2. The van der Waals surface area contributed by atoms with E-state index in [0.29, 0.717) is 85.6 Å². The van der Waals surface area contributed by atoms with Gasteiger partial charge >= 0.3 is 0 Å². The standard InChI is InChI=1S/C90H156I2O8/c1-7-13-19-25-31-37-43-49-55-61-67-93-85-73-79(74-86(94-68-62-56-50-44-38-32-26-20-14-8-2)89(85)97-71-65-59-53-47-41-35-29-23-17-11-5)99-83-77-82(92)84(78-81(83)91)100-80-75-87(95-69-63-57-51-45-39-33-27-21-15-9-3)90(98-72-66-60-54-48-42-36-30-24-18-12-6)88(76-80)96-70-64-58-52-46-40-34-28-22-16-10-4/h73-78H,7-72H2,1-6H3. The van der Waals surface area contributed by atoms with Gasteiger partial charge in [-0.05, 0) is 95.8 Å². The van der Waals surface area contributed by atoms with Crippen LogP contribution < -0.4 is 37.9 Å². The van der Waals surface area contributed by atoms with Gasteiger partial charge in [-0.15, -0.1) is 0 Å². The smallest absolute Gasteiger partial charge is 0.203 e. The second kappa shape index (κ2) is 68.3. The van der Waals surface area contributed by atoms with Gasteiger partial charge in [0.05, 0.1) is 46.8 Å². The number of hydrogen-bond acceptors (Lipinski definition) is 8. The maximum Gasteiger partial charge on any atom is 0.203 e. The van der Waals surface area contributed by atoms with Crippen LogP contribution in [-0.4, -0.2) is 39.6 Å². The van der Waals surface area contributed by atoms with E-state index in [9.17, 15) is 0 Å². The molecular formula is C90H156I2O8. The van der Waals surface area contributed by atoms with Crippen LogP contribution in [0.25, 0.3) is 0 Å². The van der Waals surface area contributed by atoms with Gasteiger partial charge in [0.25, 0.3) is 0 Å². The zero-order chi connectivity index (χ0) is 71.5. The van der Waals surface area contributed by atoms with Crippen molar-refractivity contribution in [3.8, 4) is 57.5 Å². The summed E-state index contributed by atoms with van der Waals surface area (Å²) in [6, 6.07) is 12.4. The van der Waals surface area contributed by atoms with Crippen LogP contribution in [0.5, 0.6) is 57.5 Å². The summed E-state index contributed by atoms with van der Waals surface area (Å²) in [7, 11) is 0. The number of hydrogen-bond donors (Lipinski definition) is 0. The largest absolute Gasteiger partial charge is 0.489 e. The average molecular weight is 1620 g/mol. The van der Waals surface area contributed by atoms with Crippen molar-refractivity contribution in [1.82, 2.24) is 0 Å². The van der Waals surface area contributed by atoms with E-state index >= 15 is 0 Å². The summed E-state index contributed by atoms with van der Waals surface area (Å²) in [5, 5.41) is 0. The molecule has 3 rings (SSSR count). The lowest BCUT2D eigenvalue weighted by Gasteiger charge is -2.20. The van der Waals surface area contributed by atoms with Gasteiger partial charge in [-0.3, -0.25) is 0 Å². The van der Waals surface area contributed by atoms with Gasteiger partial charge in [0, 0.05) is 24.3 Å². The van der Waals surface area contributed by atoms with Crippen molar-refractivity contribution in [1.29, 1.82) is 0 Å². The normalized spacial score (nSPS) is 11.4. The maximum atomic E-state index is 6.97. The molecule has 0 aliphatic rings. The highest BCUT2D eigenvalue weighted by Crippen LogP contribution is 2.47. The fourth-order valence-corrected chi connectivity index (χ4v) is 14.6. The number of benzene rings is 3. The molecule has 0 heterocycles. The lowest BCUT2D eigenvalue weighted by Crippen LogP contribution is -2.07. The van der Waals surface area contributed by atoms with Crippen LogP contribution in [0.2, 0.25) is 0 Å². The molecule has 0 fully saturated rings. The van der Waals surface area contributed by atoms with Crippen LogP contribution >= 0.6 is 45.2 Å². The molecule has 0 N–H and O–H groups in total. The molecule has 0 spiro atoms. The molecule has 3 aromatic rings. The number of ether oxygens (including phenoxy) is 8. The second-order valence-electron chi connectivity index (χ2n) is 29.6. The Hall–Kier alpha value is -2.48. The van der Waals surface area contributed by atoms with E-state index in [-0.39, 0.29) is 0 Å². The van der Waals surface area contributed by atoms with E-state index in [1.165, 1.54) is 321 Å². The minimum Gasteiger partial charge on any atom is -0.489 e. The highest BCUT2D eigenvalue weighted by molar-refractivity contribution is 14.1. The summed E-state index contributed by atoms with van der Waals surface area (Å²) in [5.41, 5.74) is 0. The topological polar surface area (TPSA) is 73.8 Å². The molecular weight excluding hydrogens is 1460 g/mol. The molecule has 0 atom stereocenters. The summed E-state index contributed by atoms with van der Waals surface area (Å²) in [5.74, 6) is 7.08. The molecule has 0 aromatic heterocycles. The number of unbranched alkanes of at least 4 members (excludes halogenated alkanes) is 54. The second-order valence-corrected chi connectivity index (χ2v) is 31.9. The molecule has 0 saturated carbocycles. The van der Waals surface area contributed by atoms with Crippen LogP contribution in [0.4, 0.5) is 0 Å². The van der Waals surface area contributed by atoms with Crippen molar-refractivity contribution in [2.45, 2.75) is 427 Å². The van der Waals surface area contributed by atoms with E-state index in [1.54, 1.807) is 0 Å². The van der Waals surface area contributed by atoms with Gasteiger partial charge in [0.15, 0.2) is 23.0 Å². The first kappa shape index (κ1) is 91.7. The first-order chi connectivity index (χ1) is 49.4. The predicted molar refractivity (Wildman–Crippen MR) is 449 cm³/mol. The lowest BCUT2D eigenvalue weighted by atomic mass is 10.1. The van der Waals surface area contributed by atoms with Gasteiger partial charge in [-0.25, -0.2) is 0 Å². The fourth-order valence-electron chi connectivity index (χ4n) is 13.5. The minimum absolute atomic E-state index is 0.624.